The molecular weight excluding hydrogens is 368 g/mol. The number of nitrogens with zero attached hydrogens (tertiary/aromatic N) is 3. The van der Waals surface area contributed by atoms with E-state index in [1.807, 2.05) is 0 Å². The third-order valence-corrected chi connectivity index (χ3v) is 5.65. The molecule has 0 bridgehead atoms. The van der Waals surface area contributed by atoms with E-state index in [0.29, 0.717) is 0 Å². The van der Waals surface area contributed by atoms with Crippen LogP contribution in [0.5, 0.6) is 11.5 Å². The molecule has 0 aromatic heterocycles. The highest BCUT2D eigenvalue weighted by Gasteiger charge is 2.28. The van der Waals surface area contributed by atoms with E-state index < -0.39 is 0 Å². The first-order chi connectivity index (χ1) is 14.2. The topological polar surface area (TPSA) is 58.6 Å². The quantitative estimate of drug-likeness (QED) is 0.476. The van der Waals surface area contributed by atoms with Gasteiger partial charge in [-0.3, -0.25) is 9.89 Å². The molecule has 1 fully saturated rings. The molecule has 7 heteroatoms. The van der Waals surface area contributed by atoms with Gasteiger partial charge in [-0.2, -0.15) is 0 Å². The van der Waals surface area contributed by atoms with Gasteiger partial charge < -0.3 is 24.4 Å². The number of ether oxygens (including phenoxy) is 3. The van der Waals surface area contributed by atoms with Crippen LogP contribution >= 0.6 is 0 Å². The molecule has 0 atom stereocenters. The Balaban J connectivity index is 1.65. The summed E-state index contributed by atoms with van der Waals surface area (Å²) in [6, 6.07) is 4.94. The molecule has 1 N–H and O–H groups in total. The SMILES string of the molecule is CCNC(=NCCN(CCOC)C1CC1)N1CCc2cc(OC)c(OC)cc2C1. The molecule has 0 saturated heterocycles. The van der Waals surface area contributed by atoms with E-state index in [1.165, 1.54) is 24.0 Å². The summed E-state index contributed by atoms with van der Waals surface area (Å²) in [6.45, 7) is 8.33. The van der Waals surface area contributed by atoms with Gasteiger partial charge in [0, 0.05) is 45.9 Å². The maximum Gasteiger partial charge on any atom is 0.194 e. The fourth-order valence-electron chi connectivity index (χ4n) is 3.90. The largest absolute Gasteiger partial charge is 0.493 e. The van der Waals surface area contributed by atoms with E-state index in [4.69, 9.17) is 19.2 Å². The zero-order valence-corrected chi connectivity index (χ0v) is 18.4. The lowest BCUT2D eigenvalue weighted by atomic mass is 9.99. The van der Waals surface area contributed by atoms with Gasteiger partial charge in [0.2, 0.25) is 0 Å². The number of guanidine groups is 1. The smallest absolute Gasteiger partial charge is 0.194 e. The minimum atomic E-state index is 0.729. The Hall–Kier alpha value is -1.99. The summed E-state index contributed by atoms with van der Waals surface area (Å²) in [7, 11) is 5.14. The van der Waals surface area contributed by atoms with Crippen LogP contribution in [0, 0.1) is 0 Å². The van der Waals surface area contributed by atoms with Gasteiger partial charge in [0.15, 0.2) is 17.5 Å². The Kier molecular flexibility index (Phi) is 8.00. The second-order valence-electron chi connectivity index (χ2n) is 7.64. The summed E-state index contributed by atoms with van der Waals surface area (Å²) in [5, 5.41) is 3.47. The average Bonchev–Trinajstić information content (AvgIpc) is 3.59. The van der Waals surface area contributed by atoms with Crippen molar-refractivity contribution in [2.24, 2.45) is 4.99 Å². The van der Waals surface area contributed by atoms with E-state index in [-0.39, 0.29) is 0 Å². The minimum absolute atomic E-state index is 0.729. The molecule has 29 heavy (non-hydrogen) atoms. The molecule has 7 nitrogen and oxygen atoms in total. The first kappa shape index (κ1) is 21.7. The molecular formula is C22H36N4O3. The zero-order chi connectivity index (χ0) is 20.6. The van der Waals surface area contributed by atoms with Crippen molar-refractivity contribution in [3.8, 4) is 11.5 Å². The summed E-state index contributed by atoms with van der Waals surface area (Å²) in [6.07, 6.45) is 3.59. The van der Waals surface area contributed by atoms with Crippen LogP contribution in [0.3, 0.4) is 0 Å². The van der Waals surface area contributed by atoms with Gasteiger partial charge in [-0.05, 0) is 49.4 Å². The lowest BCUT2D eigenvalue weighted by molar-refractivity contribution is 0.145. The Morgan fingerprint density at radius 3 is 2.48 bits per heavy atom. The predicted molar refractivity (Wildman–Crippen MR) is 116 cm³/mol. The first-order valence-electron chi connectivity index (χ1n) is 10.7. The van der Waals surface area contributed by atoms with Gasteiger partial charge in [0.1, 0.15) is 0 Å². The molecule has 0 spiro atoms. The van der Waals surface area contributed by atoms with Gasteiger partial charge in [-0.1, -0.05) is 0 Å². The van der Waals surface area contributed by atoms with E-state index in [1.54, 1.807) is 21.3 Å². The molecule has 1 saturated carbocycles. The van der Waals surface area contributed by atoms with Crippen LogP contribution in [0.1, 0.15) is 30.9 Å². The molecule has 1 aliphatic carbocycles. The predicted octanol–water partition coefficient (Wildman–Crippen LogP) is 2.14. The van der Waals surface area contributed by atoms with Crippen molar-refractivity contribution in [2.75, 3.05) is 60.7 Å². The van der Waals surface area contributed by atoms with Gasteiger partial charge in [0.05, 0.1) is 27.4 Å². The maximum atomic E-state index is 5.49. The second kappa shape index (κ2) is 10.7. The average molecular weight is 405 g/mol. The lowest BCUT2D eigenvalue weighted by Crippen LogP contribution is -2.44. The number of methoxy groups -OCH3 is 3. The summed E-state index contributed by atoms with van der Waals surface area (Å²) in [4.78, 5) is 9.79. The van der Waals surface area contributed by atoms with E-state index in [2.05, 4.69) is 34.2 Å². The van der Waals surface area contributed by atoms with E-state index in [0.717, 1.165) is 75.8 Å². The summed E-state index contributed by atoms with van der Waals surface area (Å²) >= 11 is 0. The Bertz CT molecular complexity index is 691. The van der Waals surface area contributed by atoms with Crippen LogP contribution in [0.4, 0.5) is 0 Å². The van der Waals surface area contributed by atoms with Crippen molar-refractivity contribution in [2.45, 2.75) is 38.8 Å². The molecule has 162 valence electrons. The van der Waals surface area contributed by atoms with E-state index >= 15 is 0 Å². The highest BCUT2D eigenvalue weighted by Crippen LogP contribution is 2.33. The molecule has 2 aliphatic rings. The number of nitrogens with one attached hydrogen (secondary N) is 1. The molecule has 1 aromatic carbocycles. The molecule has 0 amide bonds. The molecule has 3 rings (SSSR count). The van der Waals surface area contributed by atoms with Crippen LogP contribution in [0.15, 0.2) is 17.1 Å². The van der Waals surface area contributed by atoms with Crippen LogP contribution in [-0.2, 0) is 17.7 Å². The maximum absolute atomic E-state index is 5.49. The van der Waals surface area contributed by atoms with Crippen LogP contribution < -0.4 is 14.8 Å². The van der Waals surface area contributed by atoms with Crippen LogP contribution in [0.2, 0.25) is 0 Å². The summed E-state index contributed by atoms with van der Waals surface area (Å²) in [5.41, 5.74) is 2.61. The molecule has 0 radical (unpaired) electrons. The summed E-state index contributed by atoms with van der Waals surface area (Å²) < 4.78 is 16.2. The Labute approximate surface area is 175 Å². The molecule has 0 unspecified atom stereocenters. The van der Waals surface area contributed by atoms with Crippen LogP contribution in [-0.4, -0.2) is 82.5 Å². The molecule has 1 heterocycles. The number of hydrogen-bond acceptors (Lipinski definition) is 5. The molecule has 1 aromatic rings. The fourth-order valence-corrected chi connectivity index (χ4v) is 3.90. The zero-order valence-electron chi connectivity index (χ0n) is 18.4. The Morgan fingerprint density at radius 2 is 1.86 bits per heavy atom. The number of aliphatic imine (C=N–C) groups is 1. The number of fused-ring (bicyclic) bond motifs is 1. The number of rotatable bonds is 10. The highest BCUT2D eigenvalue weighted by molar-refractivity contribution is 5.80. The van der Waals surface area contributed by atoms with Crippen molar-refractivity contribution in [1.29, 1.82) is 0 Å². The highest BCUT2D eigenvalue weighted by atomic mass is 16.5. The first-order valence-corrected chi connectivity index (χ1v) is 10.7. The third kappa shape index (κ3) is 5.76. The normalized spacial score (nSPS) is 16.7. The third-order valence-electron chi connectivity index (χ3n) is 5.65. The fraction of sp³-hybridized carbons (Fsp3) is 0.682. The number of hydrogen-bond donors (Lipinski definition) is 1. The number of benzene rings is 1. The van der Waals surface area contributed by atoms with Gasteiger partial charge in [-0.15, -0.1) is 0 Å². The minimum Gasteiger partial charge on any atom is -0.493 e. The lowest BCUT2D eigenvalue weighted by Gasteiger charge is -2.32. The van der Waals surface area contributed by atoms with Crippen LogP contribution in [0.25, 0.3) is 0 Å². The summed E-state index contributed by atoms with van der Waals surface area (Å²) in [5.74, 6) is 2.58. The standard InChI is InChI=1S/C22H36N4O3/c1-5-23-22(24-9-11-25(12-13-27-2)19-6-7-19)26-10-8-17-14-20(28-3)21(29-4)15-18(17)16-26/h14-15,19H,5-13,16H2,1-4H3,(H,23,24). The Morgan fingerprint density at radius 1 is 1.14 bits per heavy atom. The van der Waals surface area contributed by atoms with Crippen molar-refractivity contribution >= 4 is 5.96 Å². The van der Waals surface area contributed by atoms with E-state index in [9.17, 15) is 0 Å². The van der Waals surface area contributed by atoms with Crippen molar-refractivity contribution in [3.63, 3.8) is 0 Å². The van der Waals surface area contributed by atoms with Gasteiger partial charge in [-0.25, -0.2) is 0 Å². The van der Waals surface area contributed by atoms with Crippen molar-refractivity contribution in [3.05, 3.63) is 23.3 Å². The van der Waals surface area contributed by atoms with Gasteiger partial charge >= 0.3 is 0 Å². The van der Waals surface area contributed by atoms with Gasteiger partial charge in [0.25, 0.3) is 0 Å². The monoisotopic (exact) mass is 404 g/mol. The van der Waals surface area contributed by atoms with Crippen molar-refractivity contribution in [1.82, 2.24) is 15.1 Å². The van der Waals surface area contributed by atoms with Crippen molar-refractivity contribution < 1.29 is 14.2 Å². The molecule has 1 aliphatic heterocycles. The second-order valence-corrected chi connectivity index (χ2v) is 7.64.